The number of alkyl halides is 4. The van der Waals surface area contributed by atoms with Crippen LogP contribution in [0.5, 0.6) is 0 Å². The number of carbonyl (C=O) groups excluding carboxylic acids is 1. The monoisotopic (exact) mass is 270 g/mol. The molecule has 1 rings (SSSR count). The zero-order chi connectivity index (χ0) is 12.3. The first kappa shape index (κ1) is 13.3. The molecule has 0 amide bonds. The third-order valence-corrected chi connectivity index (χ3v) is 2.33. The van der Waals surface area contributed by atoms with Gasteiger partial charge in [0.25, 0.3) is 0 Å². The lowest BCUT2D eigenvalue weighted by Gasteiger charge is -2.11. The van der Waals surface area contributed by atoms with E-state index >= 15 is 0 Å². The van der Waals surface area contributed by atoms with Crippen LogP contribution in [0.1, 0.15) is 22.3 Å². The van der Waals surface area contributed by atoms with Gasteiger partial charge in [0.2, 0.25) is 0 Å². The van der Waals surface area contributed by atoms with Crippen LogP contribution in [0.3, 0.4) is 0 Å². The van der Waals surface area contributed by atoms with Gasteiger partial charge in [-0.05, 0) is 18.2 Å². The second-order valence-electron chi connectivity index (χ2n) is 3.05. The van der Waals surface area contributed by atoms with Crippen LogP contribution in [0.25, 0.3) is 0 Å². The Labute approximate surface area is 100 Å². The second-order valence-corrected chi connectivity index (χ2v) is 3.86. The van der Waals surface area contributed by atoms with Gasteiger partial charge in [-0.1, -0.05) is 11.6 Å². The highest BCUT2D eigenvalue weighted by atomic mass is 35.5. The highest BCUT2D eigenvalue weighted by Crippen LogP contribution is 2.34. The molecule has 1 aromatic rings. The minimum absolute atomic E-state index is 0.0151. The Kier molecular flexibility index (Phi) is 4.21. The van der Waals surface area contributed by atoms with Crippen molar-refractivity contribution in [2.75, 3.05) is 5.88 Å². The van der Waals surface area contributed by atoms with Gasteiger partial charge < -0.3 is 0 Å². The topological polar surface area (TPSA) is 17.1 Å². The normalized spacial score (nSPS) is 11.6. The Bertz CT molecular complexity index is 402. The van der Waals surface area contributed by atoms with E-state index in [1.165, 1.54) is 6.07 Å². The van der Waals surface area contributed by atoms with Crippen LogP contribution in [-0.2, 0) is 6.18 Å². The molecule has 0 aromatic heterocycles. The fourth-order valence-electron chi connectivity index (χ4n) is 1.21. The standard InChI is InChI=1S/C10H7Cl2F3O/c11-4-3-9(16)7-2-1-6(12)5-8(7)10(13,14)15/h1-2,5H,3-4H2. The average molecular weight is 271 g/mol. The molecule has 0 aliphatic carbocycles. The van der Waals surface area contributed by atoms with Crippen molar-refractivity contribution in [1.29, 1.82) is 0 Å². The summed E-state index contributed by atoms with van der Waals surface area (Å²) < 4.78 is 37.8. The summed E-state index contributed by atoms with van der Waals surface area (Å²) in [6.45, 7) is 0. The smallest absolute Gasteiger partial charge is 0.294 e. The summed E-state index contributed by atoms with van der Waals surface area (Å²) in [5.74, 6) is -0.655. The van der Waals surface area contributed by atoms with Crippen molar-refractivity contribution < 1.29 is 18.0 Å². The van der Waals surface area contributed by atoms with Crippen LogP contribution in [0, 0.1) is 0 Å². The molecule has 0 N–H and O–H groups in total. The summed E-state index contributed by atoms with van der Waals surface area (Å²) in [5.41, 5.74) is -1.41. The van der Waals surface area contributed by atoms with Crippen molar-refractivity contribution in [2.24, 2.45) is 0 Å². The first-order valence-electron chi connectivity index (χ1n) is 4.32. The van der Waals surface area contributed by atoms with Gasteiger partial charge in [0, 0.05) is 22.9 Å². The van der Waals surface area contributed by atoms with Crippen molar-refractivity contribution >= 4 is 29.0 Å². The molecule has 16 heavy (non-hydrogen) atoms. The number of ketones is 1. The minimum atomic E-state index is -4.60. The molecule has 0 fully saturated rings. The molecular formula is C10H7Cl2F3O. The number of benzene rings is 1. The molecule has 0 saturated carbocycles. The predicted molar refractivity (Wildman–Crippen MR) is 56.1 cm³/mol. The van der Waals surface area contributed by atoms with E-state index in [-0.39, 0.29) is 17.3 Å². The Balaban J connectivity index is 3.23. The molecule has 88 valence electrons. The van der Waals surface area contributed by atoms with Gasteiger partial charge in [-0.15, -0.1) is 11.6 Å². The summed E-state index contributed by atoms with van der Waals surface area (Å²) in [5, 5.41) is -0.0604. The van der Waals surface area contributed by atoms with Crippen molar-refractivity contribution in [3.05, 3.63) is 34.3 Å². The number of carbonyl (C=O) groups is 1. The van der Waals surface area contributed by atoms with E-state index in [1.54, 1.807) is 0 Å². The third-order valence-electron chi connectivity index (χ3n) is 1.91. The second kappa shape index (κ2) is 5.06. The van der Waals surface area contributed by atoms with Crippen LogP contribution >= 0.6 is 23.2 Å². The maximum Gasteiger partial charge on any atom is 0.417 e. The Hall–Kier alpha value is -0.740. The fraction of sp³-hybridized carbons (Fsp3) is 0.300. The molecule has 1 nitrogen and oxygen atoms in total. The molecule has 0 spiro atoms. The zero-order valence-corrected chi connectivity index (χ0v) is 9.46. The first-order valence-corrected chi connectivity index (χ1v) is 5.23. The fourth-order valence-corrected chi connectivity index (χ4v) is 1.56. The van der Waals surface area contributed by atoms with Gasteiger partial charge in [0.1, 0.15) is 0 Å². The third kappa shape index (κ3) is 3.12. The number of hydrogen-bond acceptors (Lipinski definition) is 1. The number of halogens is 5. The van der Waals surface area contributed by atoms with Crippen LogP contribution in [-0.4, -0.2) is 11.7 Å². The summed E-state index contributed by atoms with van der Waals surface area (Å²) >= 11 is 10.8. The van der Waals surface area contributed by atoms with Gasteiger partial charge in [0.05, 0.1) is 5.56 Å². The van der Waals surface area contributed by atoms with Crippen molar-refractivity contribution in [3.63, 3.8) is 0 Å². The quantitative estimate of drug-likeness (QED) is 0.595. The molecule has 0 heterocycles. The Morgan fingerprint density at radius 1 is 1.31 bits per heavy atom. The van der Waals surface area contributed by atoms with E-state index in [4.69, 9.17) is 23.2 Å². The van der Waals surface area contributed by atoms with Crippen molar-refractivity contribution in [2.45, 2.75) is 12.6 Å². The van der Waals surface area contributed by atoms with E-state index in [9.17, 15) is 18.0 Å². The lowest BCUT2D eigenvalue weighted by Crippen LogP contribution is -2.13. The molecular weight excluding hydrogens is 264 g/mol. The van der Waals surface area contributed by atoms with Crippen LogP contribution < -0.4 is 0 Å². The molecule has 0 aliphatic heterocycles. The predicted octanol–water partition coefficient (Wildman–Crippen LogP) is 4.17. The largest absolute Gasteiger partial charge is 0.417 e. The molecule has 0 atom stereocenters. The van der Waals surface area contributed by atoms with E-state index in [0.29, 0.717) is 0 Å². The molecule has 0 unspecified atom stereocenters. The molecule has 0 bridgehead atoms. The SMILES string of the molecule is O=C(CCCl)c1ccc(Cl)cc1C(F)(F)F. The molecule has 0 aliphatic rings. The highest BCUT2D eigenvalue weighted by molar-refractivity contribution is 6.30. The summed E-state index contributed by atoms with van der Waals surface area (Å²) in [6, 6.07) is 3.06. The number of rotatable bonds is 3. The lowest BCUT2D eigenvalue weighted by molar-refractivity contribution is -0.137. The van der Waals surface area contributed by atoms with E-state index in [2.05, 4.69) is 0 Å². The summed E-state index contributed by atoms with van der Waals surface area (Å²) in [6.07, 6.45) is -4.73. The molecule has 0 radical (unpaired) electrons. The van der Waals surface area contributed by atoms with Crippen molar-refractivity contribution in [1.82, 2.24) is 0 Å². The van der Waals surface area contributed by atoms with Gasteiger partial charge >= 0.3 is 6.18 Å². The van der Waals surface area contributed by atoms with Crippen LogP contribution in [0.15, 0.2) is 18.2 Å². The Morgan fingerprint density at radius 2 is 1.94 bits per heavy atom. The van der Waals surface area contributed by atoms with Crippen LogP contribution in [0.4, 0.5) is 13.2 Å². The summed E-state index contributed by atoms with van der Waals surface area (Å²) in [4.78, 5) is 11.4. The lowest BCUT2D eigenvalue weighted by atomic mass is 10.0. The molecule has 1 aromatic carbocycles. The highest BCUT2D eigenvalue weighted by Gasteiger charge is 2.35. The average Bonchev–Trinajstić information content (AvgIpc) is 2.16. The van der Waals surface area contributed by atoms with Gasteiger partial charge in [-0.25, -0.2) is 0 Å². The molecule has 0 saturated heterocycles. The van der Waals surface area contributed by atoms with E-state index < -0.39 is 23.1 Å². The molecule has 6 heteroatoms. The zero-order valence-electron chi connectivity index (χ0n) is 7.94. The van der Waals surface area contributed by atoms with E-state index in [0.717, 1.165) is 12.1 Å². The first-order chi connectivity index (χ1) is 7.36. The van der Waals surface area contributed by atoms with Gasteiger partial charge in [0.15, 0.2) is 5.78 Å². The minimum Gasteiger partial charge on any atom is -0.294 e. The Morgan fingerprint density at radius 3 is 2.44 bits per heavy atom. The van der Waals surface area contributed by atoms with E-state index in [1.807, 2.05) is 0 Å². The maximum atomic E-state index is 12.6. The maximum absolute atomic E-state index is 12.6. The van der Waals surface area contributed by atoms with Crippen molar-refractivity contribution in [3.8, 4) is 0 Å². The number of hydrogen-bond donors (Lipinski definition) is 0. The van der Waals surface area contributed by atoms with Gasteiger partial charge in [-0.2, -0.15) is 13.2 Å². The number of Topliss-reactive ketones (excluding diaryl/α,β-unsaturated/α-hetero) is 1. The summed E-state index contributed by atoms with van der Waals surface area (Å²) in [7, 11) is 0. The van der Waals surface area contributed by atoms with Crippen LogP contribution in [0.2, 0.25) is 5.02 Å². The van der Waals surface area contributed by atoms with Gasteiger partial charge in [-0.3, -0.25) is 4.79 Å².